The number of amides is 1. The molecule has 0 aliphatic carbocycles. The van der Waals surface area contributed by atoms with Crippen LogP contribution in [0.3, 0.4) is 0 Å². The zero-order valence-electron chi connectivity index (χ0n) is 12.5. The lowest BCUT2D eigenvalue weighted by Gasteiger charge is -2.38. The second-order valence-corrected chi connectivity index (χ2v) is 5.98. The van der Waals surface area contributed by atoms with E-state index in [4.69, 9.17) is 0 Å². The smallest absolute Gasteiger partial charge is 0.222 e. The summed E-state index contributed by atoms with van der Waals surface area (Å²) in [6.07, 6.45) is 4.88. The van der Waals surface area contributed by atoms with Crippen molar-refractivity contribution in [1.29, 1.82) is 0 Å². The third kappa shape index (κ3) is 4.97. The van der Waals surface area contributed by atoms with Crippen LogP contribution in [0.15, 0.2) is 0 Å². The SMILES string of the molecule is CCCCN1CC(CC)CC(NC(=O)C(C)C)C1. The first-order chi connectivity index (χ1) is 8.56. The van der Waals surface area contributed by atoms with E-state index in [2.05, 4.69) is 24.1 Å². The quantitative estimate of drug-likeness (QED) is 0.790. The van der Waals surface area contributed by atoms with Gasteiger partial charge in [-0.05, 0) is 25.3 Å². The number of hydrogen-bond acceptors (Lipinski definition) is 2. The van der Waals surface area contributed by atoms with Gasteiger partial charge in [0.05, 0.1) is 0 Å². The number of hydrogen-bond donors (Lipinski definition) is 1. The molecular formula is C15H30N2O. The van der Waals surface area contributed by atoms with Crippen molar-refractivity contribution in [1.82, 2.24) is 10.2 Å². The van der Waals surface area contributed by atoms with Gasteiger partial charge in [-0.2, -0.15) is 0 Å². The first kappa shape index (κ1) is 15.5. The maximum absolute atomic E-state index is 11.8. The number of rotatable bonds is 6. The molecule has 1 fully saturated rings. The average Bonchev–Trinajstić information content (AvgIpc) is 2.35. The number of nitrogens with zero attached hydrogens (tertiary/aromatic N) is 1. The van der Waals surface area contributed by atoms with Crippen LogP contribution in [0.25, 0.3) is 0 Å². The van der Waals surface area contributed by atoms with E-state index >= 15 is 0 Å². The van der Waals surface area contributed by atoms with Crippen LogP contribution in [0.2, 0.25) is 0 Å². The highest BCUT2D eigenvalue weighted by Gasteiger charge is 2.27. The molecule has 0 spiro atoms. The Morgan fingerprint density at radius 3 is 2.61 bits per heavy atom. The second-order valence-electron chi connectivity index (χ2n) is 5.98. The number of nitrogens with one attached hydrogen (secondary N) is 1. The molecule has 1 aliphatic rings. The molecule has 2 unspecified atom stereocenters. The van der Waals surface area contributed by atoms with E-state index in [0.29, 0.717) is 6.04 Å². The summed E-state index contributed by atoms with van der Waals surface area (Å²) in [5, 5.41) is 3.21. The van der Waals surface area contributed by atoms with E-state index in [1.165, 1.54) is 32.4 Å². The number of piperidine rings is 1. The lowest BCUT2D eigenvalue weighted by atomic mass is 9.91. The molecule has 0 aromatic rings. The summed E-state index contributed by atoms with van der Waals surface area (Å²) in [5.74, 6) is 1.04. The zero-order chi connectivity index (χ0) is 13.5. The van der Waals surface area contributed by atoms with E-state index in [1.54, 1.807) is 0 Å². The highest BCUT2D eigenvalue weighted by molar-refractivity contribution is 5.78. The lowest BCUT2D eigenvalue weighted by Crippen LogP contribution is -2.51. The average molecular weight is 254 g/mol. The van der Waals surface area contributed by atoms with E-state index in [0.717, 1.165) is 18.9 Å². The summed E-state index contributed by atoms with van der Waals surface area (Å²) < 4.78 is 0. The minimum absolute atomic E-state index is 0.0936. The zero-order valence-corrected chi connectivity index (χ0v) is 12.5. The van der Waals surface area contributed by atoms with E-state index < -0.39 is 0 Å². The molecule has 0 saturated carbocycles. The lowest BCUT2D eigenvalue weighted by molar-refractivity contribution is -0.125. The molecule has 0 aromatic heterocycles. The normalized spacial score (nSPS) is 25.4. The van der Waals surface area contributed by atoms with Crippen LogP contribution in [-0.4, -0.2) is 36.5 Å². The van der Waals surface area contributed by atoms with Crippen molar-refractivity contribution >= 4 is 5.91 Å². The van der Waals surface area contributed by atoms with Gasteiger partial charge in [0.2, 0.25) is 5.91 Å². The minimum atomic E-state index is 0.0936. The second kappa shape index (κ2) is 7.78. The Labute approximate surface area is 112 Å². The van der Waals surface area contributed by atoms with Crippen LogP contribution >= 0.6 is 0 Å². The van der Waals surface area contributed by atoms with Crippen LogP contribution in [0.5, 0.6) is 0 Å². The molecule has 1 heterocycles. The Morgan fingerprint density at radius 1 is 1.33 bits per heavy atom. The number of unbranched alkanes of at least 4 members (excludes halogenated alkanes) is 1. The van der Waals surface area contributed by atoms with Crippen molar-refractivity contribution < 1.29 is 4.79 Å². The van der Waals surface area contributed by atoms with E-state index in [1.807, 2.05) is 13.8 Å². The van der Waals surface area contributed by atoms with Gasteiger partial charge in [0.1, 0.15) is 0 Å². The number of carbonyl (C=O) groups excluding carboxylic acids is 1. The summed E-state index contributed by atoms with van der Waals surface area (Å²) in [6.45, 7) is 11.9. The fraction of sp³-hybridized carbons (Fsp3) is 0.933. The Morgan fingerprint density at radius 2 is 2.06 bits per heavy atom. The predicted octanol–water partition coefficient (Wildman–Crippen LogP) is 2.66. The van der Waals surface area contributed by atoms with Crippen LogP contribution in [0.1, 0.15) is 53.4 Å². The van der Waals surface area contributed by atoms with Gasteiger partial charge in [-0.1, -0.05) is 40.5 Å². The van der Waals surface area contributed by atoms with Crippen molar-refractivity contribution in [2.24, 2.45) is 11.8 Å². The summed E-state index contributed by atoms with van der Waals surface area (Å²) in [4.78, 5) is 14.3. The van der Waals surface area contributed by atoms with Gasteiger partial charge in [0, 0.05) is 25.0 Å². The highest BCUT2D eigenvalue weighted by atomic mass is 16.1. The Kier molecular flexibility index (Phi) is 6.69. The van der Waals surface area contributed by atoms with Gasteiger partial charge in [0.25, 0.3) is 0 Å². The van der Waals surface area contributed by atoms with Crippen LogP contribution in [0.4, 0.5) is 0 Å². The minimum Gasteiger partial charge on any atom is -0.352 e. The summed E-state index contributed by atoms with van der Waals surface area (Å²) in [6, 6.07) is 0.357. The fourth-order valence-corrected chi connectivity index (χ4v) is 2.64. The van der Waals surface area contributed by atoms with Gasteiger partial charge in [-0.15, -0.1) is 0 Å². The van der Waals surface area contributed by atoms with Gasteiger partial charge >= 0.3 is 0 Å². The molecule has 1 rings (SSSR count). The Balaban J connectivity index is 2.48. The fourth-order valence-electron chi connectivity index (χ4n) is 2.64. The summed E-state index contributed by atoms with van der Waals surface area (Å²) >= 11 is 0. The van der Waals surface area contributed by atoms with Crippen LogP contribution in [0, 0.1) is 11.8 Å². The van der Waals surface area contributed by atoms with E-state index in [9.17, 15) is 4.79 Å². The number of carbonyl (C=O) groups is 1. The van der Waals surface area contributed by atoms with Gasteiger partial charge < -0.3 is 10.2 Å². The molecular weight excluding hydrogens is 224 g/mol. The number of likely N-dealkylation sites (tertiary alicyclic amines) is 1. The first-order valence-corrected chi connectivity index (χ1v) is 7.59. The summed E-state index contributed by atoms with van der Waals surface area (Å²) in [5.41, 5.74) is 0. The van der Waals surface area contributed by atoms with Crippen LogP contribution < -0.4 is 5.32 Å². The molecule has 0 aromatic carbocycles. The molecule has 18 heavy (non-hydrogen) atoms. The molecule has 2 atom stereocenters. The maximum Gasteiger partial charge on any atom is 0.222 e. The molecule has 106 valence electrons. The van der Waals surface area contributed by atoms with Crippen LogP contribution in [-0.2, 0) is 4.79 Å². The van der Waals surface area contributed by atoms with Crippen molar-refractivity contribution in [3.8, 4) is 0 Å². The topological polar surface area (TPSA) is 32.3 Å². The molecule has 1 amide bonds. The molecule has 1 aliphatic heterocycles. The predicted molar refractivity (Wildman–Crippen MR) is 76.5 cm³/mol. The molecule has 3 nitrogen and oxygen atoms in total. The molecule has 0 radical (unpaired) electrons. The Bertz CT molecular complexity index is 253. The molecule has 1 saturated heterocycles. The van der Waals surface area contributed by atoms with Gasteiger partial charge in [-0.25, -0.2) is 0 Å². The van der Waals surface area contributed by atoms with Gasteiger partial charge in [0.15, 0.2) is 0 Å². The monoisotopic (exact) mass is 254 g/mol. The molecule has 3 heteroatoms. The third-order valence-corrected chi connectivity index (χ3v) is 3.89. The first-order valence-electron chi connectivity index (χ1n) is 7.59. The van der Waals surface area contributed by atoms with Crippen molar-refractivity contribution in [3.63, 3.8) is 0 Å². The third-order valence-electron chi connectivity index (χ3n) is 3.89. The van der Waals surface area contributed by atoms with Crippen molar-refractivity contribution in [3.05, 3.63) is 0 Å². The highest BCUT2D eigenvalue weighted by Crippen LogP contribution is 2.20. The van der Waals surface area contributed by atoms with E-state index in [-0.39, 0.29) is 11.8 Å². The largest absolute Gasteiger partial charge is 0.352 e. The Hall–Kier alpha value is -0.570. The summed E-state index contributed by atoms with van der Waals surface area (Å²) in [7, 11) is 0. The van der Waals surface area contributed by atoms with Gasteiger partial charge in [-0.3, -0.25) is 4.79 Å². The molecule has 0 bridgehead atoms. The van der Waals surface area contributed by atoms with Crippen molar-refractivity contribution in [2.75, 3.05) is 19.6 Å². The standard InChI is InChI=1S/C15H30N2O/c1-5-7-8-17-10-13(6-2)9-14(11-17)16-15(18)12(3)4/h12-14H,5-11H2,1-4H3,(H,16,18). The maximum atomic E-state index is 11.8. The molecule has 1 N–H and O–H groups in total. The van der Waals surface area contributed by atoms with Crippen molar-refractivity contribution in [2.45, 2.75) is 59.4 Å².